The Kier molecular flexibility index (Phi) is 12.2. The first kappa shape index (κ1) is 20.0. The first-order valence-corrected chi connectivity index (χ1v) is 10.5. The third-order valence-electron chi connectivity index (χ3n) is 5.51. The van der Waals surface area contributed by atoms with Gasteiger partial charge in [0.25, 0.3) is 0 Å². The molecule has 0 aromatic rings. The summed E-state index contributed by atoms with van der Waals surface area (Å²) in [6.07, 6.45) is 21.3. The minimum Gasteiger partial charge on any atom is -0.311 e. The first-order valence-electron chi connectivity index (χ1n) is 10.5. The quantitative estimate of drug-likeness (QED) is 0.459. The van der Waals surface area contributed by atoms with Gasteiger partial charge in [-0.05, 0) is 31.6 Å². The van der Waals surface area contributed by atoms with Gasteiger partial charge in [0.2, 0.25) is 0 Å². The minimum absolute atomic E-state index is 0.784. The van der Waals surface area contributed by atoms with Gasteiger partial charge in [-0.3, -0.25) is 0 Å². The summed E-state index contributed by atoms with van der Waals surface area (Å²) in [4.78, 5) is 0. The zero-order valence-electron chi connectivity index (χ0n) is 15.8. The predicted molar refractivity (Wildman–Crippen MR) is 100 cm³/mol. The lowest BCUT2D eigenvalue weighted by molar-refractivity contribution is 0.316. The molecule has 0 aromatic heterocycles. The third-order valence-corrected chi connectivity index (χ3v) is 5.51. The van der Waals surface area contributed by atoms with E-state index in [1.165, 1.54) is 96.3 Å². The fraction of sp³-hybridized carbons (Fsp3) is 1.00. The van der Waals surface area contributed by atoms with Crippen LogP contribution in [0, 0.1) is 5.92 Å². The Morgan fingerprint density at radius 3 is 2.27 bits per heavy atom. The van der Waals surface area contributed by atoms with Gasteiger partial charge in [0.05, 0.1) is 0 Å². The molecule has 3 unspecified atom stereocenters. The summed E-state index contributed by atoms with van der Waals surface area (Å²) in [5, 5.41) is 4.06. The maximum Gasteiger partial charge on any atom is 0.00696 e. The number of rotatable bonds is 9. The fourth-order valence-corrected chi connectivity index (χ4v) is 4.04. The van der Waals surface area contributed by atoms with Gasteiger partial charge in [-0.2, -0.15) is 0 Å². The Labute approximate surface area is 141 Å². The maximum atomic E-state index is 4.06. The normalized spacial score (nSPS) is 25.8. The molecule has 1 heteroatoms. The summed E-state index contributed by atoms with van der Waals surface area (Å²) >= 11 is 0. The average molecular weight is 310 g/mol. The average Bonchev–Trinajstić information content (AvgIpc) is 2.51. The maximum absolute atomic E-state index is 4.06. The molecule has 3 atom stereocenters. The minimum atomic E-state index is 0.784. The number of hydrogen-bond donors (Lipinski definition) is 1. The molecule has 0 radical (unpaired) electrons. The molecule has 0 saturated heterocycles. The largest absolute Gasteiger partial charge is 0.311 e. The van der Waals surface area contributed by atoms with Crippen LogP contribution in [0.15, 0.2) is 0 Å². The topological polar surface area (TPSA) is 12.0 Å². The molecule has 1 aliphatic carbocycles. The van der Waals surface area contributed by atoms with Crippen LogP contribution >= 0.6 is 0 Å². The zero-order chi connectivity index (χ0) is 16.0. The Bertz CT molecular complexity index is 238. The second-order valence-corrected chi connectivity index (χ2v) is 7.87. The van der Waals surface area contributed by atoms with Crippen LogP contribution in [0.5, 0.6) is 0 Å². The highest BCUT2D eigenvalue weighted by molar-refractivity contribution is 4.76. The molecule has 0 aliphatic heterocycles. The van der Waals surface area contributed by atoms with Crippen molar-refractivity contribution in [3.05, 3.63) is 0 Å². The van der Waals surface area contributed by atoms with E-state index < -0.39 is 0 Å². The van der Waals surface area contributed by atoms with Crippen molar-refractivity contribution >= 4 is 0 Å². The first-order chi connectivity index (χ1) is 10.8. The van der Waals surface area contributed by atoms with E-state index in [-0.39, 0.29) is 0 Å². The van der Waals surface area contributed by atoms with Gasteiger partial charge in [0.15, 0.2) is 0 Å². The van der Waals surface area contributed by atoms with E-state index in [0.717, 1.165) is 18.0 Å². The van der Waals surface area contributed by atoms with Crippen molar-refractivity contribution in [3.8, 4) is 0 Å². The van der Waals surface area contributed by atoms with E-state index in [0.29, 0.717) is 0 Å². The zero-order valence-corrected chi connectivity index (χ0v) is 15.8. The lowest BCUT2D eigenvalue weighted by Crippen LogP contribution is -2.38. The van der Waals surface area contributed by atoms with Gasteiger partial charge in [-0.25, -0.2) is 0 Å². The summed E-state index contributed by atoms with van der Waals surface area (Å²) in [5.74, 6) is 0.958. The van der Waals surface area contributed by atoms with Gasteiger partial charge in [-0.1, -0.05) is 91.4 Å². The second kappa shape index (κ2) is 13.4. The summed E-state index contributed by atoms with van der Waals surface area (Å²) < 4.78 is 0. The van der Waals surface area contributed by atoms with Gasteiger partial charge >= 0.3 is 0 Å². The summed E-state index contributed by atoms with van der Waals surface area (Å²) in [5.41, 5.74) is 0. The van der Waals surface area contributed by atoms with Crippen molar-refractivity contribution in [2.24, 2.45) is 5.92 Å². The van der Waals surface area contributed by atoms with Crippen molar-refractivity contribution < 1.29 is 0 Å². The lowest BCUT2D eigenvalue weighted by atomic mass is 9.91. The van der Waals surface area contributed by atoms with E-state index in [9.17, 15) is 0 Å². The standard InChI is InChI=1S/C21H43N/c1-4-6-7-10-16-20(13-5-2)22-21-17-11-8-9-14-19(3)15-12-18-21/h19-22H,4-18H2,1-3H3. The molecule has 0 heterocycles. The number of nitrogens with one attached hydrogen (secondary N) is 1. The monoisotopic (exact) mass is 309 g/mol. The molecule has 0 aromatic carbocycles. The molecule has 132 valence electrons. The summed E-state index contributed by atoms with van der Waals surface area (Å²) in [6.45, 7) is 7.11. The van der Waals surface area contributed by atoms with Crippen LogP contribution in [0.25, 0.3) is 0 Å². The van der Waals surface area contributed by atoms with Crippen molar-refractivity contribution in [3.63, 3.8) is 0 Å². The smallest absolute Gasteiger partial charge is 0.00696 e. The predicted octanol–water partition coefficient (Wildman–Crippen LogP) is 6.85. The fourth-order valence-electron chi connectivity index (χ4n) is 4.04. The van der Waals surface area contributed by atoms with Crippen LogP contribution in [-0.4, -0.2) is 12.1 Å². The lowest BCUT2D eigenvalue weighted by Gasteiger charge is -2.27. The number of unbranched alkanes of at least 4 members (excludes halogenated alkanes) is 3. The van der Waals surface area contributed by atoms with E-state index in [1.54, 1.807) is 0 Å². The van der Waals surface area contributed by atoms with Crippen LogP contribution in [0.1, 0.15) is 117 Å². The van der Waals surface area contributed by atoms with Gasteiger partial charge < -0.3 is 5.32 Å². The van der Waals surface area contributed by atoms with Crippen molar-refractivity contribution in [2.75, 3.05) is 0 Å². The van der Waals surface area contributed by atoms with Crippen molar-refractivity contribution in [1.29, 1.82) is 0 Å². The van der Waals surface area contributed by atoms with Gasteiger partial charge in [0.1, 0.15) is 0 Å². The number of hydrogen-bond acceptors (Lipinski definition) is 1. The Morgan fingerprint density at radius 2 is 1.50 bits per heavy atom. The van der Waals surface area contributed by atoms with Crippen LogP contribution < -0.4 is 5.32 Å². The SMILES string of the molecule is CCCCCCC(CCC)NC1CCCCCC(C)CCC1. The Morgan fingerprint density at radius 1 is 0.773 bits per heavy atom. The highest BCUT2D eigenvalue weighted by atomic mass is 14.9. The van der Waals surface area contributed by atoms with Crippen molar-refractivity contribution in [1.82, 2.24) is 5.32 Å². The highest BCUT2D eigenvalue weighted by Gasteiger charge is 2.16. The Balaban J connectivity index is 2.35. The van der Waals surface area contributed by atoms with Crippen LogP contribution in [0.4, 0.5) is 0 Å². The summed E-state index contributed by atoms with van der Waals surface area (Å²) in [7, 11) is 0. The second-order valence-electron chi connectivity index (χ2n) is 7.87. The molecule has 1 fully saturated rings. The highest BCUT2D eigenvalue weighted by Crippen LogP contribution is 2.22. The molecule has 0 amide bonds. The molecular weight excluding hydrogens is 266 g/mol. The van der Waals surface area contributed by atoms with Gasteiger partial charge in [0, 0.05) is 12.1 Å². The van der Waals surface area contributed by atoms with Crippen LogP contribution in [-0.2, 0) is 0 Å². The van der Waals surface area contributed by atoms with Crippen LogP contribution in [0.3, 0.4) is 0 Å². The van der Waals surface area contributed by atoms with Crippen molar-refractivity contribution in [2.45, 2.75) is 129 Å². The van der Waals surface area contributed by atoms with Gasteiger partial charge in [-0.15, -0.1) is 0 Å². The molecule has 1 N–H and O–H groups in total. The molecule has 0 bridgehead atoms. The molecule has 1 rings (SSSR count). The molecule has 22 heavy (non-hydrogen) atoms. The molecule has 0 spiro atoms. The van der Waals surface area contributed by atoms with Crippen LogP contribution in [0.2, 0.25) is 0 Å². The molecular formula is C21H43N. The van der Waals surface area contributed by atoms with E-state index in [4.69, 9.17) is 0 Å². The van der Waals surface area contributed by atoms with E-state index in [1.807, 2.05) is 0 Å². The van der Waals surface area contributed by atoms with E-state index in [2.05, 4.69) is 26.1 Å². The summed E-state index contributed by atoms with van der Waals surface area (Å²) in [6, 6.07) is 1.58. The Hall–Kier alpha value is -0.0400. The third kappa shape index (κ3) is 9.87. The molecule has 1 saturated carbocycles. The van der Waals surface area contributed by atoms with E-state index >= 15 is 0 Å². The molecule has 1 aliphatic rings. The molecule has 1 nitrogen and oxygen atoms in total.